The molecule has 8 heteroatoms. The van der Waals surface area contributed by atoms with Crippen molar-refractivity contribution in [2.75, 3.05) is 20.2 Å². The third-order valence-corrected chi connectivity index (χ3v) is 4.64. The number of alkyl halides is 3. The third kappa shape index (κ3) is 7.25. The van der Waals surface area contributed by atoms with E-state index in [4.69, 9.17) is 0 Å². The molecule has 0 fully saturated rings. The Hall–Kier alpha value is -3.13. The number of benzene rings is 2. The molecule has 0 amide bonds. The number of hydrogen-bond acceptors (Lipinski definition) is 3. The Bertz CT molecular complexity index is 998. The summed E-state index contributed by atoms with van der Waals surface area (Å²) in [5.41, 5.74) is 3.86. The summed E-state index contributed by atoms with van der Waals surface area (Å²) in [7, 11) is 1.70. The number of para-hydroxylation sites is 1. The average molecular weight is 430 g/mol. The highest BCUT2D eigenvalue weighted by atomic mass is 19.4. The Morgan fingerprint density at radius 3 is 2.48 bits per heavy atom. The number of hydrogen-bond donors (Lipinski definition) is 2. The number of aliphatic imine (C=N–C) groups is 1. The van der Waals surface area contributed by atoms with E-state index in [2.05, 4.69) is 31.4 Å². The molecule has 2 N–H and O–H groups in total. The van der Waals surface area contributed by atoms with E-state index in [9.17, 15) is 13.2 Å². The molecule has 0 atom stereocenters. The molecule has 0 radical (unpaired) electrons. The highest BCUT2D eigenvalue weighted by Crippen LogP contribution is 2.17. The van der Waals surface area contributed by atoms with Gasteiger partial charge in [-0.2, -0.15) is 13.2 Å². The van der Waals surface area contributed by atoms with Gasteiger partial charge >= 0.3 is 6.18 Å². The first-order chi connectivity index (χ1) is 14.9. The molecular weight excluding hydrogens is 405 g/mol. The molecule has 0 spiro atoms. The van der Waals surface area contributed by atoms with Crippen molar-refractivity contribution in [1.29, 1.82) is 0 Å². The van der Waals surface area contributed by atoms with Gasteiger partial charge in [0.05, 0.1) is 12.1 Å². The number of nitrogens with zero attached hydrogens (tertiary/aromatic N) is 2. The molecule has 0 aliphatic rings. The van der Waals surface area contributed by atoms with E-state index in [1.54, 1.807) is 25.4 Å². The van der Waals surface area contributed by atoms with Gasteiger partial charge in [-0.1, -0.05) is 48.5 Å². The minimum atomic E-state index is -4.31. The topological polar surface area (TPSA) is 58.5 Å². The van der Waals surface area contributed by atoms with Gasteiger partial charge in [0.15, 0.2) is 5.96 Å². The van der Waals surface area contributed by atoms with E-state index in [0.29, 0.717) is 24.6 Å². The molecule has 0 aliphatic heterocycles. The Balaban J connectivity index is 1.44. The molecule has 0 saturated heterocycles. The molecule has 164 valence electrons. The summed E-state index contributed by atoms with van der Waals surface area (Å²) < 4.78 is 41.1. The van der Waals surface area contributed by atoms with E-state index in [1.165, 1.54) is 5.56 Å². The highest BCUT2D eigenvalue weighted by Gasteiger charge is 2.27. The van der Waals surface area contributed by atoms with Crippen LogP contribution in [0.5, 0.6) is 0 Å². The van der Waals surface area contributed by atoms with Gasteiger partial charge in [0, 0.05) is 31.7 Å². The zero-order chi connectivity index (χ0) is 22.1. The van der Waals surface area contributed by atoms with Crippen LogP contribution < -0.4 is 10.6 Å². The lowest BCUT2D eigenvalue weighted by molar-refractivity contribution is -0.176. The van der Waals surface area contributed by atoms with Crippen molar-refractivity contribution in [3.8, 4) is 0 Å². The number of rotatable bonds is 8. The number of ether oxygens (including phenoxy) is 1. The highest BCUT2D eigenvalue weighted by molar-refractivity contribution is 5.82. The van der Waals surface area contributed by atoms with Crippen LogP contribution in [0.4, 0.5) is 13.2 Å². The summed E-state index contributed by atoms with van der Waals surface area (Å²) in [6.07, 6.45) is -1.70. The van der Waals surface area contributed by atoms with E-state index in [1.807, 2.05) is 36.4 Å². The maximum atomic E-state index is 12.1. The van der Waals surface area contributed by atoms with Gasteiger partial charge in [-0.25, -0.2) is 0 Å². The molecule has 3 aromatic rings. The lowest BCUT2D eigenvalue weighted by Crippen LogP contribution is -2.37. The van der Waals surface area contributed by atoms with Crippen LogP contribution in [-0.4, -0.2) is 37.3 Å². The lowest BCUT2D eigenvalue weighted by atomic mass is 10.1. The molecular formula is C23H25F3N4O. The number of nitrogens with one attached hydrogen (secondary N) is 2. The SMILES string of the molecule is CN=C(NCCc1cccc2cccnc12)NCc1ccc(COCC(F)(F)F)cc1. The zero-order valence-corrected chi connectivity index (χ0v) is 17.2. The normalized spacial score (nSPS) is 12.2. The summed E-state index contributed by atoms with van der Waals surface area (Å²) in [4.78, 5) is 8.70. The molecule has 0 bridgehead atoms. The number of halogens is 3. The van der Waals surface area contributed by atoms with Crippen LogP contribution in [0.25, 0.3) is 10.9 Å². The van der Waals surface area contributed by atoms with Crippen LogP contribution >= 0.6 is 0 Å². The molecule has 0 saturated carbocycles. The number of guanidine groups is 1. The quantitative estimate of drug-likeness (QED) is 0.415. The second-order valence-corrected chi connectivity index (χ2v) is 7.02. The van der Waals surface area contributed by atoms with Gasteiger partial charge < -0.3 is 15.4 Å². The Kier molecular flexibility index (Phi) is 7.83. The smallest absolute Gasteiger partial charge is 0.367 e. The van der Waals surface area contributed by atoms with Crippen LogP contribution in [0.2, 0.25) is 0 Å². The molecule has 0 aliphatic carbocycles. The van der Waals surface area contributed by atoms with Gasteiger partial charge in [-0.15, -0.1) is 0 Å². The molecule has 5 nitrogen and oxygen atoms in total. The number of aromatic nitrogens is 1. The molecule has 3 rings (SSSR count). The van der Waals surface area contributed by atoms with E-state index < -0.39 is 12.8 Å². The summed E-state index contributed by atoms with van der Waals surface area (Å²) >= 11 is 0. The van der Waals surface area contributed by atoms with Crippen molar-refractivity contribution in [2.24, 2.45) is 4.99 Å². The monoisotopic (exact) mass is 430 g/mol. The van der Waals surface area contributed by atoms with Gasteiger partial charge in [0.1, 0.15) is 6.61 Å². The predicted molar refractivity (Wildman–Crippen MR) is 116 cm³/mol. The standard InChI is InChI=1S/C23H25F3N4O/c1-27-22(29-13-11-20-5-2-4-19-6-3-12-28-21(19)20)30-14-17-7-9-18(10-8-17)15-31-16-23(24,25)26/h2-10,12H,11,13-16H2,1H3,(H2,27,29,30). The molecule has 0 unspecified atom stereocenters. The molecule has 31 heavy (non-hydrogen) atoms. The lowest BCUT2D eigenvalue weighted by Gasteiger charge is -2.13. The first-order valence-corrected chi connectivity index (χ1v) is 9.94. The second-order valence-electron chi connectivity index (χ2n) is 7.02. The average Bonchev–Trinajstić information content (AvgIpc) is 2.76. The number of pyridine rings is 1. The van der Waals surface area contributed by atoms with Gasteiger partial charge in [0.2, 0.25) is 0 Å². The summed E-state index contributed by atoms with van der Waals surface area (Å²) in [5, 5.41) is 7.65. The van der Waals surface area contributed by atoms with Crippen LogP contribution in [0, 0.1) is 0 Å². The van der Waals surface area contributed by atoms with Crippen molar-refractivity contribution in [1.82, 2.24) is 15.6 Å². The fourth-order valence-electron chi connectivity index (χ4n) is 3.13. The van der Waals surface area contributed by atoms with Crippen molar-refractivity contribution >= 4 is 16.9 Å². The van der Waals surface area contributed by atoms with Crippen molar-refractivity contribution in [3.63, 3.8) is 0 Å². The fourth-order valence-corrected chi connectivity index (χ4v) is 3.13. The van der Waals surface area contributed by atoms with Crippen LogP contribution in [0.3, 0.4) is 0 Å². The van der Waals surface area contributed by atoms with E-state index in [-0.39, 0.29) is 6.61 Å². The van der Waals surface area contributed by atoms with Crippen LogP contribution in [0.15, 0.2) is 65.8 Å². The summed E-state index contributed by atoms with van der Waals surface area (Å²) in [6, 6.07) is 17.4. The Morgan fingerprint density at radius 1 is 1.00 bits per heavy atom. The van der Waals surface area contributed by atoms with Gasteiger partial charge in [-0.3, -0.25) is 9.98 Å². The number of fused-ring (bicyclic) bond motifs is 1. The maximum absolute atomic E-state index is 12.1. The minimum Gasteiger partial charge on any atom is -0.367 e. The summed E-state index contributed by atoms with van der Waals surface area (Å²) in [6.45, 7) is -0.0728. The van der Waals surface area contributed by atoms with Gasteiger partial charge in [0.25, 0.3) is 0 Å². The van der Waals surface area contributed by atoms with E-state index in [0.717, 1.165) is 22.9 Å². The largest absolute Gasteiger partial charge is 0.411 e. The Morgan fingerprint density at radius 2 is 1.74 bits per heavy atom. The van der Waals surface area contributed by atoms with E-state index >= 15 is 0 Å². The predicted octanol–water partition coefficient (Wildman–Crippen LogP) is 4.22. The first-order valence-electron chi connectivity index (χ1n) is 9.94. The summed E-state index contributed by atoms with van der Waals surface area (Å²) in [5.74, 6) is 0.672. The fraction of sp³-hybridized carbons (Fsp3) is 0.304. The van der Waals surface area contributed by atoms with Crippen LogP contribution in [-0.2, 0) is 24.3 Å². The Labute approximate surface area is 179 Å². The second kappa shape index (κ2) is 10.8. The van der Waals surface area contributed by atoms with Gasteiger partial charge in [-0.05, 0) is 29.2 Å². The molecule has 1 aromatic heterocycles. The van der Waals surface area contributed by atoms with Crippen molar-refractivity contribution < 1.29 is 17.9 Å². The first kappa shape index (κ1) is 22.6. The van der Waals surface area contributed by atoms with Crippen LogP contribution in [0.1, 0.15) is 16.7 Å². The zero-order valence-electron chi connectivity index (χ0n) is 17.2. The maximum Gasteiger partial charge on any atom is 0.411 e. The minimum absolute atomic E-state index is 0.0700. The van der Waals surface area contributed by atoms with Crippen molar-refractivity contribution in [3.05, 3.63) is 77.5 Å². The molecule has 1 heterocycles. The van der Waals surface area contributed by atoms with Crippen molar-refractivity contribution in [2.45, 2.75) is 25.7 Å². The molecule has 2 aromatic carbocycles. The third-order valence-electron chi connectivity index (χ3n) is 4.64.